The van der Waals surface area contributed by atoms with Crippen LogP contribution in [0.5, 0.6) is 11.5 Å². The minimum Gasteiger partial charge on any atom is -0.508 e. The third-order valence-corrected chi connectivity index (χ3v) is 3.32. The quantitative estimate of drug-likeness (QED) is 0.681. The van der Waals surface area contributed by atoms with E-state index >= 15 is 0 Å². The van der Waals surface area contributed by atoms with Gasteiger partial charge in [0.15, 0.2) is 0 Å². The number of aromatic hydroxyl groups is 1. The fourth-order valence-electron chi connectivity index (χ4n) is 2.30. The third-order valence-electron chi connectivity index (χ3n) is 3.32. The second-order valence-electron chi connectivity index (χ2n) is 4.64. The summed E-state index contributed by atoms with van der Waals surface area (Å²) in [4.78, 5) is 3.25. The number of aromatic nitrogens is 1. The highest BCUT2D eigenvalue weighted by Crippen LogP contribution is 2.24. The highest BCUT2D eigenvalue weighted by Gasteiger charge is 2.07. The number of ether oxygens (including phenoxy) is 1. The molecule has 0 amide bonds. The molecule has 0 spiro atoms. The molecule has 3 rings (SSSR count). The number of fused-ring (bicyclic) bond motifs is 1. The van der Waals surface area contributed by atoms with Gasteiger partial charge in [0.25, 0.3) is 0 Å². The molecule has 0 radical (unpaired) electrons. The SMILES string of the molecule is NCc1cccc2c(COc3cccc(O)c3)c[nH]c12. The molecule has 102 valence electrons. The van der Waals surface area contributed by atoms with E-state index in [9.17, 15) is 5.11 Å². The summed E-state index contributed by atoms with van der Waals surface area (Å²) in [5.41, 5.74) is 8.94. The second-order valence-corrected chi connectivity index (χ2v) is 4.64. The van der Waals surface area contributed by atoms with Crippen LogP contribution in [0.3, 0.4) is 0 Å². The average molecular weight is 268 g/mol. The Morgan fingerprint density at radius 2 is 1.95 bits per heavy atom. The minimum absolute atomic E-state index is 0.201. The van der Waals surface area contributed by atoms with Gasteiger partial charge in [0.1, 0.15) is 18.1 Å². The number of nitrogens with one attached hydrogen (secondary N) is 1. The van der Waals surface area contributed by atoms with Crippen molar-refractivity contribution < 1.29 is 9.84 Å². The molecule has 1 heterocycles. The number of hydrogen-bond acceptors (Lipinski definition) is 3. The molecule has 0 unspecified atom stereocenters. The first-order valence-corrected chi connectivity index (χ1v) is 6.47. The molecule has 0 saturated carbocycles. The Morgan fingerprint density at radius 1 is 1.10 bits per heavy atom. The van der Waals surface area contributed by atoms with Gasteiger partial charge >= 0.3 is 0 Å². The van der Waals surface area contributed by atoms with Gasteiger partial charge in [-0.1, -0.05) is 24.3 Å². The predicted molar refractivity (Wildman–Crippen MR) is 78.6 cm³/mol. The van der Waals surface area contributed by atoms with Gasteiger partial charge in [-0.05, 0) is 17.7 Å². The largest absolute Gasteiger partial charge is 0.508 e. The number of phenolic OH excluding ortho intramolecular Hbond substituents is 1. The Labute approximate surface area is 116 Å². The van der Waals surface area contributed by atoms with Crippen molar-refractivity contribution in [3.63, 3.8) is 0 Å². The number of para-hydroxylation sites is 1. The van der Waals surface area contributed by atoms with Gasteiger partial charge in [-0.15, -0.1) is 0 Å². The van der Waals surface area contributed by atoms with Crippen LogP contribution in [0.1, 0.15) is 11.1 Å². The average Bonchev–Trinajstić information content (AvgIpc) is 2.88. The summed E-state index contributed by atoms with van der Waals surface area (Å²) in [6.07, 6.45) is 1.94. The smallest absolute Gasteiger partial charge is 0.123 e. The zero-order chi connectivity index (χ0) is 13.9. The zero-order valence-corrected chi connectivity index (χ0v) is 11.0. The normalized spacial score (nSPS) is 10.8. The Bertz CT molecular complexity index is 734. The molecular formula is C16H16N2O2. The van der Waals surface area contributed by atoms with Gasteiger partial charge in [-0.25, -0.2) is 0 Å². The van der Waals surface area contributed by atoms with Crippen molar-refractivity contribution in [3.8, 4) is 11.5 Å². The van der Waals surface area contributed by atoms with Crippen LogP contribution >= 0.6 is 0 Å². The van der Waals surface area contributed by atoms with Crippen LogP contribution in [0.15, 0.2) is 48.7 Å². The van der Waals surface area contributed by atoms with Gasteiger partial charge in [0.05, 0.1) is 5.52 Å². The molecule has 1 aromatic heterocycles. The Balaban J connectivity index is 1.85. The van der Waals surface area contributed by atoms with Gasteiger partial charge in [-0.2, -0.15) is 0 Å². The Morgan fingerprint density at radius 3 is 2.75 bits per heavy atom. The van der Waals surface area contributed by atoms with E-state index in [1.54, 1.807) is 18.2 Å². The van der Waals surface area contributed by atoms with E-state index in [0.717, 1.165) is 22.0 Å². The minimum atomic E-state index is 0.201. The number of rotatable bonds is 4. The van der Waals surface area contributed by atoms with Gasteiger partial charge in [0, 0.05) is 29.8 Å². The first-order chi connectivity index (χ1) is 9.78. The summed E-state index contributed by atoms with van der Waals surface area (Å²) in [6, 6.07) is 12.8. The van der Waals surface area contributed by atoms with Crippen molar-refractivity contribution in [3.05, 3.63) is 59.8 Å². The summed E-state index contributed by atoms with van der Waals surface area (Å²) in [5, 5.41) is 10.5. The Kier molecular flexibility index (Phi) is 3.31. The lowest BCUT2D eigenvalue weighted by Crippen LogP contribution is -1.97. The standard InChI is InChI=1S/C16H16N2O2/c17-8-11-3-1-6-15-12(9-18-16(11)15)10-20-14-5-2-4-13(19)7-14/h1-7,9,18-19H,8,10,17H2. The van der Waals surface area contributed by atoms with Gasteiger partial charge in [-0.3, -0.25) is 0 Å². The van der Waals surface area contributed by atoms with E-state index in [4.69, 9.17) is 10.5 Å². The molecule has 0 atom stereocenters. The maximum absolute atomic E-state index is 9.41. The van der Waals surface area contributed by atoms with E-state index in [2.05, 4.69) is 4.98 Å². The van der Waals surface area contributed by atoms with Crippen molar-refractivity contribution in [2.75, 3.05) is 0 Å². The maximum atomic E-state index is 9.41. The van der Waals surface area contributed by atoms with Crippen LogP contribution in [0.25, 0.3) is 10.9 Å². The number of H-pyrrole nitrogens is 1. The fourth-order valence-corrected chi connectivity index (χ4v) is 2.30. The molecular weight excluding hydrogens is 252 g/mol. The van der Waals surface area contributed by atoms with Crippen LogP contribution in [0.2, 0.25) is 0 Å². The first kappa shape index (κ1) is 12.6. The molecule has 4 nitrogen and oxygen atoms in total. The van der Waals surface area contributed by atoms with Gasteiger partial charge < -0.3 is 20.6 Å². The molecule has 0 fully saturated rings. The molecule has 0 aliphatic rings. The summed E-state index contributed by atoms with van der Waals surface area (Å²) >= 11 is 0. The molecule has 20 heavy (non-hydrogen) atoms. The molecule has 3 aromatic rings. The summed E-state index contributed by atoms with van der Waals surface area (Å²) in [7, 11) is 0. The maximum Gasteiger partial charge on any atom is 0.123 e. The van der Waals surface area contributed by atoms with E-state index in [1.807, 2.05) is 30.5 Å². The highest BCUT2D eigenvalue weighted by molar-refractivity contribution is 5.85. The van der Waals surface area contributed by atoms with E-state index in [-0.39, 0.29) is 5.75 Å². The number of benzene rings is 2. The third kappa shape index (κ3) is 2.33. The lowest BCUT2D eigenvalue weighted by atomic mass is 10.1. The van der Waals surface area contributed by atoms with Gasteiger partial charge in [0.2, 0.25) is 0 Å². The summed E-state index contributed by atoms with van der Waals surface area (Å²) in [5.74, 6) is 0.848. The topological polar surface area (TPSA) is 71.3 Å². The van der Waals surface area contributed by atoms with E-state index in [0.29, 0.717) is 18.9 Å². The molecule has 4 N–H and O–H groups in total. The van der Waals surface area contributed by atoms with Crippen molar-refractivity contribution in [1.82, 2.24) is 4.98 Å². The Hall–Kier alpha value is -2.46. The second kappa shape index (κ2) is 5.27. The predicted octanol–water partition coefficient (Wildman–Crippen LogP) is 2.91. The summed E-state index contributed by atoms with van der Waals surface area (Å²) < 4.78 is 5.70. The number of phenols is 1. The van der Waals surface area contributed by atoms with E-state index < -0.39 is 0 Å². The van der Waals surface area contributed by atoms with Crippen LogP contribution in [0, 0.1) is 0 Å². The van der Waals surface area contributed by atoms with Crippen molar-refractivity contribution in [2.24, 2.45) is 5.73 Å². The van der Waals surface area contributed by atoms with Crippen molar-refractivity contribution in [1.29, 1.82) is 0 Å². The number of hydrogen-bond donors (Lipinski definition) is 3. The lowest BCUT2D eigenvalue weighted by Gasteiger charge is -2.06. The molecule has 4 heteroatoms. The van der Waals surface area contributed by atoms with Crippen LogP contribution < -0.4 is 10.5 Å². The number of aromatic amines is 1. The first-order valence-electron chi connectivity index (χ1n) is 6.47. The monoisotopic (exact) mass is 268 g/mol. The molecule has 0 saturated heterocycles. The highest BCUT2D eigenvalue weighted by atomic mass is 16.5. The summed E-state index contributed by atoms with van der Waals surface area (Å²) in [6.45, 7) is 0.947. The molecule has 2 aromatic carbocycles. The lowest BCUT2D eigenvalue weighted by molar-refractivity contribution is 0.306. The molecule has 0 aliphatic heterocycles. The van der Waals surface area contributed by atoms with E-state index in [1.165, 1.54) is 0 Å². The van der Waals surface area contributed by atoms with Crippen molar-refractivity contribution in [2.45, 2.75) is 13.2 Å². The van der Waals surface area contributed by atoms with Crippen LogP contribution in [0.4, 0.5) is 0 Å². The fraction of sp³-hybridized carbons (Fsp3) is 0.125. The number of nitrogens with two attached hydrogens (primary N) is 1. The van der Waals surface area contributed by atoms with Crippen LogP contribution in [-0.4, -0.2) is 10.1 Å². The zero-order valence-electron chi connectivity index (χ0n) is 11.0. The van der Waals surface area contributed by atoms with Crippen LogP contribution in [-0.2, 0) is 13.2 Å². The van der Waals surface area contributed by atoms with Crippen molar-refractivity contribution >= 4 is 10.9 Å². The molecule has 0 bridgehead atoms. The molecule has 0 aliphatic carbocycles.